The van der Waals surface area contributed by atoms with E-state index in [2.05, 4.69) is 10.6 Å². The average Bonchev–Trinajstić information content (AvgIpc) is 2.42. The number of nitrogens with two attached hydrogens (primary N) is 1. The summed E-state index contributed by atoms with van der Waals surface area (Å²) in [6.07, 6.45) is 1.26. The van der Waals surface area contributed by atoms with Crippen LogP contribution in [0.5, 0.6) is 0 Å². The summed E-state index contributed by atoms with van der Waals surface area (Å²) in [5.74, 6) is -1.23. The van der Waals surface area contributed by atoms with E-state index >= 15 is 0 Å². The van der Waals surface area contributed by atoms with Crippen LogP contribution in [-0.4, -0.2) is 29.6 Å². The first kappa shape index (κ1) is 16.5. The molecule has 3 amide bonds. The molecule has 0 heterocycles. The van der Waals surface area contributed by atoms with Gasteiger partial charge in [0.15, 0.2) is 0 Å². The van der Waals surface area contributed by atoms with Crippen LogP contribution >= 0.6 is 0 Å². The molecule has 0 saturated carbocycles. The van der Waals surface area contributed by atoms with Gasteiger partial charge < -0.3 is 21.5 Å². The Balaban J connectivity index is 2.32. The van der Waals surface area contributed by atoms with Crippen LogP contribution in [0.3, 0.4) is 0 Å². The number of urea groups is 1. The Morgan fingerprint density at radius 1 is 1.10 bits per heavy atom. The molecule has 0 bridgehead atoms. The van der Waals surface area contributed by atoms with Crippen molar-refractivity contribution in [3.05, 3.63) is 29.8 Å². The number of benzene rings is 1. The third-order valence-electron chi connectivity index (χ3n) is 2.72. The minimum atomic E-state index is -0.840. The van der Waals surface area contributed by atoms with Gasteiger partial charge in [-0.25, -0.2) is 4.79 Å². The number of carboxylic acid groups (broad SMARTS) is 1. The van der Waals surface area contributed by atoms with E-state index in [4.69, 9.17) is 10.8 Å². The van der Waals surface area contributed by atoms with Gasteiger partial charge in [0, 0.05) is 25.1 Å². The maximum atomic E-state index is 11.5. The predicted octanol–water partition coefficient (Wildman–Crippen LogP) is 1.09. The van der Waals surface area contributed by atoms with E-state index in [0.717, 1.165) is 5.56 Å². The van der Waals surface area contributed by atoms with Crippen LogP contribution in [0.25, 0.3) is 0 Å². The summed E-state index contributed by atoms with van der Waals surface area (Å²) in [6.45, 7) is 0.367. The van der Waals surface area contributed by atoms with Crippen molar-refractivity contribution in [1.82, 2.24) is 5.32 Å². The minimum Gasteiger partial charge on any atom is -0.481 e. The van der Waals surface area contributed by atoms with Gasteiger partial charge in [-0.05, 0) is 30.5 Å². The van der Waals surface area contributed by atoms with E-state index < -0.39 is 11.9 Å². The largest absolute Gasteiger partial charge is 0.481 e. The van der Waals surface area contributed by atoms with E-state index in [0.29, 0.717) is 25.1 Å². The Labute approximate surface area is 122 Å². The van der Waals surface area contributed by atoms with Gasteiger partial charge in [-0.15, -0.1) is 0 Å². The standard InChI is InChI=1S/C14H19N3O4/c15-12(18)2-1-9-16-14(21)17-11-6-3-10(4-7-11)5-8-13(19)20/h3-4,6-7H,1-2,5,8-9H2,(H2,15,18)(H,19,20)(H2,16,17,21). The summed E-state index contributed by atoms with van der Waals surface area (Å²) in [7, 11) is 0. The second-order valence-corrected chi connectivity index (χ2v) is 4.54. The lowest BCUT2D eigenvalue weighted by molar-refractivity contribution is -0.137. The van der Waals surface area contributed by atoms with Crippen molar-refractivity contribution >= 4 is 23.6 Å². The number of amides is 3. The van der Waals surface area contributed by atoms with Crippen LogP contribution in [0.4, 0.5) is 10.5 Å². The van der Waals surface area contributed by atoms with Crippen LogP contribution in [0.1, 0.15) is 24.8 Å². The predicted molar refractivity (Wildman–Crippen MR) is 77.8 cm³/mol. The van der Waals surface area contributed by atoms with Crippen molar-refractivity contribution in [2.45, 2.75) is 25.7 Å². The summed E-state index contributed by atoms with van der Waals surface area (Å²) >= 11 is 0. The Morgan fingerprint density at radius 3 is 2.33 bits per heavy atom. The first-order valence-electron chi connectivity index (χ1n) is 6.61. The van der Waals surface area contributed by atoms with Crippen molar-refractivity contribution in [3.63, 3.8) is 0 Å². The quantitative estimate of drug-likeness (QED) is 0.536. The molecule has 1 aromatic carbocycles. The van der Waals surface area contributed by atoms with Gasteiger partial charge in [-0.2, -0.15) is 0 Å². The number of anilines is 1. The lowest BCUT2D eigenvalue weighted by Gasteiger charge is -2.08. The molecule has 0 aliphatic rings. The SMILES string of the molecule is NC(=O)CCCNC(=O)Nc1ccc(CCC(=O)O)cc1. The molecule has 114 valence electrons. The molecular weight excluding hydrogens is 274 g/mol. The third kappa shape index (κ3) is 7.56. The lowest BCUT2D eigenvalue weighted by atomic mass is 10.1. The minimum absolute atomic E-state index is 0.0765. The second kappa shape index (κ2) is 8.57. The molecule has 0 fully saturated rings. The molecule has 0 spiro atoms. The smallest absolute Gasteiger partial charge is 0.319 e. The number of carboxylic acids is 1. The zero-order valence-corrected chi connectivity index (χ0v) is 11.6. The van der Waals surface area contributed by atoms with E-state index in [-0.39, 0.29) is 18.9 Å². The zero-order chi connectivity index (χ0) is 15.7. The highest BCUT2D eigenvalue weighted by Crippen LogP contribution is 2.11. The highest BCUT2D eigenvalue weighted by Gasteiger charge is 2.03. The van der Waals surface area contributed by atoms with E-state index in [9.17, 15) is 14.4 Å². The van der Waals surface area contributed by atoms with Crippen LogP contribution in [0.15, 0.2) is 24.3 Å². The number of aryl methyl sites for hydroxylation is 1. The lowest BCUT2D eigenvalue weighted by Crippen LogP contribution is -2.30. The van der Waals surface area contributed by atoms with Gasteiger partial charge in [0.1, 0.15) is 0 Å². The summed E-state index contributed by atoms with van der Waals surface area (Å²) in [5, 5.41) is 13.8. The van der Waals surface area contributed by atoms with Crippen molar-refractivity contribution in [2.24, 2.45) is 5.73 Å². The number of hydrogen-bond donors (Lipinski definition) is 4. The molecule has 5 N–H and O–H groups in total. The van der Waals surface area contributed by atoms with E-state index in [1.807, 2.05) is 0 Å². The van der Waals surface area contributed by atoms with Crippen LogP contribution in [0.2, 0.25) is 0 Å². The molecule has 7 heteroatoms. The molecule has 0 atom stereocenters. The molecule has 1 rings (SSSR count). The maximum Gasteiger partial charge on any atom is 0.319 e. The summed E-state index contributed by atoms with van der Waals surface area (Å²) in [6, 6.07) is 6.59. The van der Waals surface area contributed by atoms with Crippen LogP contribution in [0, 0.1) is 0 Å². The first-order valence-corrected chi connectivity index (χ1v) is 6.61. The number of hydrogen-bond acceptors (Lipinski definition) is 3. The molecule has 0 saturated heterocycles. The van der Waals surface area contributed by atoms with E-state index in [1.54, 1.807) is 24.3 Å². The molecule has 0 aliphatic heterocycles. The molecule has 1 aromatic rings. The highest BCUT2D eigenvalue weighted by atomic mass is 16.4. The van der Waals surface area contributed by atoms with Gasteiger partial charge in [0.05, 0.1) is 0 Å². The molecule has 0 unspecified atom stereocenters. The molecule has 7 nitrogen and oxygen atoms in total. The molecule has 0 radical (unpaired) electrons. The summed E-state index contributed by atoms with van der Waals surface area (Å²) in [5.41, 5.74) is 6.49. The van der Waals surface area contributed by atoms with Crippen molar-refractivity contribution in [2.75, 3.05) is 11.9 Å². The second-order valence-electron chi connectivity index (χ2n) is 4.54. The van der Waals surface area contributed by atoms with Gasteiger partial charge in [0.25, 0.3) is 0 Å². The fourth-order valence-corrected chi connectivity index (χ4v) is 1.65. The number of carbonyl (C=O) groups is 3. The average molecular weight is 293 g/mol. The molecule has 0 aliphatic carbocycles. The fourth-order valence-electron chi connectivity index (χ4n) is 1.65. The number of aliphatic carboxylic acids is 1. The van der Waals surface area contributed by atoms with Gasteiger partial charge in [-0.1, -0.05) is 12.1 Å². The van der Waals surface area contributed by atoms with Gasteiger partial charge >= 0.3 is 12.0 Å². The highest BCUT2D eigenvalue weighted by molar-refractivity contribution is 5.89. The van der Waals surface area contributed by atoms with E-state index in [1.165, 1.54) is 0 Å². The third-order valence-corrected chi connectivity index (χ3v) is 2.72. The van der Waals surface area contributed by atoms with Crippen LogP contribution < -0.4 is 16.4 Å². The Hall–Kier alpha value is -2.57. The topological polar surface area (TPSA) is 122 Å². The Kier molecular flexibility index (Phi) is 6.73. The number of primary amides is 1. The van der Waals surface area contributed by atoms with Gasteiger partial charge in [-0.3, -0.25) is 9.59 Å². The van der Waals surface area contributed by atoms with Crippen molar-refractivity contribution in [1.29, 1.82) is 0 Å². The summed E-state index contributed by atoms with van der Waals surface area (Å²) in [4.78, 5) is 32.5. The fraction of sp³-hybridized carbons (Fsp3) is 0.357. The molecule has 0 aromatic heterocycles. The zero-order valence-electron chi connectivity index (χ0n) is 11.6. The van der Waals surface area contributed by atoms with Crippen molar-refractivity contribution in [3.8, 4) is 0 Å². The molecule has 21 heavy (non-hydrogen) atoms. The number of rotatable bonds is 8. The van der Waals surface area contributed by atoms with Crippen LogP contribution in [-0.2, 0) is 16.0 Å². The first-order chi connectivity index (χ1) is 9.97. The number of nitrogens with one attached hydrogen (secondary N) is 2. The molecular formula is C14H19N3O4. The summed E-state index contributed by atoms with van der Waals surface area (Å²) < 4.78 is 0. The Bertz CT molecular complexity index is 499. The normalized spacial score (nSPS) is 9.90. The van der Waals surface area contributed by atoms with Gasteiger partial charge in [0.2, 0.25) is 5.91 Å². The maximum absolute atomic E-state index is 11.5. The van der Waals surface area contributed by atoms with Crippen molar-refractivity contribution < 1.29 is 19.5 Å². The number of carbonyl (C=O) groups excluding carboxylic acids is 2. The monoisotopic (exact) mass is 293 g/mol. The Morgan fingerprint density at radius 2 is 1.76 bits per heavy atom.